The monoisotopic (exact) mass is 396 g/mol. The predicted octanol–water partition coefficient (Wildman–Crippen LogP) is 5.41. The third kappa shape index (κ3) is 3.84. The molecule has 1 heterocycles. The van der Waals surface area contributed by atoms with Gasteiger partial charge in [0.1, 0.15) is 23.7 Å². The maximum atomic E-state index is 13.8. The summed E-state index contributed by atoms with van der Waals surface area (Å²) < 4.78 is 33.3. The van der Waals surface area contributed by atoms with Gasteiger partial charge in [0.15, 0.2) is 10.9 Å². The van der Waals surface area contributed by atoms with Crippen molar-refractivity contribution in [2.75, 3.05) is 5.32 Å². The number of hydrogen-bond donors (Lipinski definition) is 1. The molecule has 0 saturated heterocycles. The van der Waals surface area contributed by atoms with Crippen molar-refractivity contribution in [2.45, 2.75) is 6.61 Å². The number of thiazole rings is 1. The molecular weight excluding hydrogens is 382 g/mol. The number of carbonyl (C=O) groups is 1. The first-order valence-corrected chi connectivity index (χ1v) is 9.24. The van der Waals surface area contributed by atoms with E-state index in [4.69, 9.17) is 4.74 Å². The number of rotatable bonds is 5. The van der Waals surface area contributed by atoms with Crippen LogP contribution in [-0.2, 0) is 6.61 Å². The van der Waals surface area contributed by atoms with E-state index in [0.29, 0.717) is 22.6 Å². The zero-order valence-electron chi connectivity index (χ0n) is 14.5. The number of anilines is 1. The quantitative estimate of drug-likeness (QED) is 0.491. The molecule has 0 radical (unpaired) electrons. The maximum Gasteiger partial charge on any atom is 0.261 e. The van der Waals surface area contributed by atoms with Crippen LogP contribution >= 0.6 is 11.3 Å². The first-order valence-electron chi connectivity index (χ1n) is 8.43. The van der Waals surface area contributed by atoms with Crippen LogP contribution in [0.15, 0.2) is 66.7 Å². The number of benzene rings is 3. The van der Waals surface area contributed by atoms with Crippen LogP contribution in [-0.4, -0.2) is 10.9 Å². The Hall–Kier alpha value is -3.32. The average Bonchev–Trinajstić information content (AvgIpc) is 3.10. The van der Waals surface area contributed by atoms with Crippen molar-refractivity contribution in [3.63, 3.8) is 0 Å². The van der Waals surface area contributed by atoms with Gasteiger partial charge in [0, 0.05) is 6.07 Å². The van der Waals surface area contributed by atoms with E-state index < -0.39 is 17.5 Å². The summed E-state index contributed by atoms with van der Waals surface area (Å²) in [5, 5.41) is 2.82. The summed E-state index contributed by atoms with van der Waals surface area (Å²) in [7, 11) is 0. The molecule has 0 aliphatic carbocycles. The summed E-state index contributed by atoms with van der Waals surface area (Å²) in [5.74, 6) is -1.48. The Morgan fingerprint density at radius 1 is 1.04 bits per heavy atom. The van der Waals surface area contributed by atoms with Gasteiger partial charge in [-0.1, -0.05) is 53.8 Å². The number of fused-ring (bicyclic) bond motifs is 1. The number of hydrogen-bond acceptors (Lipinski definition) is 4. The third-order valence-corrected chi connectivity index (χ3v) is 4.92. The molecule has 140 valence electrons. The van der Waals surface area contributed by atoms with Crippen molar-refractivity contribution in [3.05, 3.63) is 89.5 Å². The van der Waals surface area contributed by atoms with Crippen molar-refractivity contribution in [1.29, 1.82) is 0 Å². The Morgan fingerprint density at radius 2 is 1.79 bits per heavy atom. The molecule has 0 saturated carbocycles. The number of nitrogens with one attached hydrogen (secondary N) is 1. The van der Waals surface area contributed by atoms with Crippen molar-refractivity contribution < 1.29 is 18.3 Å². The molecule has 0 aliphatic rings. The van der Waals surface area contributed by atoms with E-state index in [-0.39, 0.29) is 10.6 Å². The molecular formula is C21H14F2N2O2S. The lowest BCUT2D eigenvalue weighted by molar-refractivity contribution is 0.102. The van der Waals surface area contributed by atoms with Crippen LogP contribution in [0.5, 0.6) is 5.75 Å². The summed E-state index contributed by atoms with van der Waals surface area (Å²) >= 11 is 1.00. The van der Waals surface area contributed by atoms with Gasteiger partial charge in [-0.05, 0) is 23.8 Å². The van der Waals surface area contributed by atoms with Gasteiger partial charge in [-0.25, -0.2) is 13.8 Å². The van der Waals surface area contributed by atoms with E-state index in [9.17, 15) is 13.6 Å². The lowest BCUT2D eigenvalue weighted by Crippen LogP contribution is -2.13. The fraction of sp³-hybridized carbons (Fsp3) is 0.0476. The Labute approximate surface area is 163 Å². The highest BCUT2D eigenvalue weighted by atomic mass is 32.1. The molecule has 0 unspecified atom stereocenters. The number of nitrogens with zero attached hydrogens (tertiary/aromatic N) is 1. The number of aromatic nitrogens is 1. The molecule has 0 atom stereocenters. The molecule has 0 fully saturated rings. The first-order chi connectivity index (χ1) is 13.6. The summed E-state index contributed by atoms with van der Waals surface area (Å²) in [5.41, 5.74) is 1.32. The first kappa shape index (κ1) is 18.1. The van der Waals surface area contributed by atoms with Crippen LogP contribution in [0, 0.1) is 11.6 Å². The minimum Gasteiger partial charge on any atom is -0.488 e. The molecule has 4 nitrogen and oxygen atoms in total. The fourth-order valence-corrected chi connectivity index (χ4v) is 3.59. The van der Waals surface area contributed by atoms with Gasteiger partial charge in [0.2, 0.25) is 0 Å². The highest BCUT2D eigenvalue weighted by Crippen LogP contribution is 2.29. The highest BCUT2D eigenvalue weighted by molar-refractivity contribution is 7.22. The van der Waals surface area contributed by atoms with Gasteiger partial charge in [-0.2, -0.15) is 0 Å². The van der Waals surface area contributed by atoms with Gasteiger partial charge in [0.25, 0.3) is 5.91 Å². The van der Waals surface area contributed by atoms with Crippen molar-refractivity contribution in [2.24, 2.45) is 0 Å². The molecule has 0 bridgehead atoms. The van der Waals surface area contributed by atoms with E-state index in [1.807, 2.05) is 30.3 Å². The van der Waals surface area contributed by atoms with Crippen molar-refractivity contribution >= 4 is 32.6 Å². The molecule has 7 heteroatoms. The lowest BCUT2D eigenvalue weighted by Gasteiger charge is -2.11. The van der Waals surface area contributed by atoms with Gasteiger partial charge >= 0.3 is 0 Å². The molecule has 1 aromatic heterocycles. The summed E-state index contributed by atoms with van der Waals surface area (Å²) in [6.45, 7) is 0.316. The SMILES string of the molecule is O=C(Nc1nc2c(F)cc(F)cc2s1)c1ccccc1OCc1ccccc1. The normalized spacial score (nSPS) is 10.8. The molecule has 1 N–H and O–H groups in total. The van der Waals surface area contributed by atoms with Gasteiger partial charge < -0.3 is 4.74 Å². The van der Waals surface area contributed by atoms with Crippen LogP contribution < -0.4 is 10.1 Å². The third-order valence-electron chi connectivity index (χ3n) is 4.00. The standard InChI is InChI=1S/C21H14F2N2O2S/c22-14-10-16(23)19-18(11-14)28-21(24-19)25-20(26)15-8-4-5-9-17(15)27-12-13-6-2-1-3-7-13/h1-11H,12H2,(H,24,25,26). The fourth-order valence-electron chi connectivity index (χ4n) is 2.69. The van der Waals surface area contributed by atoms with Gasteiger partial charge in [-0.3, -0.25) is 10.1 Å². The predicted molar refractivity (Wildman–Crippen MR) is 105 cm³/mol. The van der Waals surface area contributed by atoms with Crippen molar-refractivity contribution in [3.8, 4) is 5.75 Å². The maximum absolute atomic E-state index is 13.8. The molecule has 28 heavy (non-hydrogen) atoms. The van der Waals surface area contributed by atoms with E-state index in [0.717, 1.165) is 23.0 Å². The smallest absolute Gasteiger partial charge is 0.261 e. The zero-order valence-corrected chi connectivity index (χ0v) is 15.3. The second kappa shape index (κ2) is 7.74. The summed E-state index contributed by atoms with van der Waals surface area (Å²) in [6.07, 6.45) is 0. The van der Waals surface area contributed by atoms with E-state index >= 15 is 0 Å². The molecule has 4 aromatic rings. The number of ether oxygens (including phenoxy) is 1. The molecule has 1 amide bonds. The summed E-state index contributed by atoms with van der Waals surface area (Å²) in [4.78, 5) is 16.7. The number of halogens is 2. The molecule has 0 aliphatic heterocycles. The van der Waals surface area contributed by atoms with Gasteiger partial charge in [0.05, 0.1) is 10.3 Å². The van der Waals surface area contributed by atoms with Crippen LogP contribution in [0.2, 0.25) is 0 Å². The Kier molecular flexibility index (Phi) is 4.99. The second-order valence-electron chi connectivity index (χ2n) is 5.98. The zero-order chi connectivity index (χ0) is 19.5. The van der Waals surface area contributed by atoms with Crippen LogP contribution in [0.3, 0.4) is 0 Å². The minimum atomic E-state index is -0.765. The summed E-state index contributed by atoms with van der Waals surface area (Å²) in [6, 6.07) is 18.4. The second-order valence-corrected chi connectivity index (χ2v) is 7.01. The number of para-hydroxylation sites is 1. The van der Waals surface area contributed by atoms with E-state index in [1.165, 1.54) is 6.07 Å². The Bertz CT molecular complexity index is 1150. The number of carbonyl (C=O) groups excluding carboxylic acids is 1. The largest absolute Gasteiger partial charge is 0.488 e. The van der Waals surface area contributed by atoms with Crippen LogP contribution in [0.1, 0.15) is 15.9 Å². The van der Waals surface area contributed by atoms with E-state index in [1.54, 1.807) is 24.3 Å². The molecule has 4 rings (SSSR count). The number of amides is 1. The minimum absolute atomic E-state index is 0.0234. The molecule has 3 aromatic carbocycles. The van der Waals surface area contributed by atoms with Gasteiger partial charge in [-0.15, -0.1) is 0 Å². The Balaban J connectivity index is 1.54. The molecule has 0 spiro atoms. The van der Waals surface area contributed by atoms with Crippen LogP contribution in [0.25, 0.3) is 10.2 Å². The van der Waals surface area contributed by atoms with Crippen LogP contribution in [0.4, 0.5) is 13.9 Å². The highest BCUT2D eigenvalue weighted by Gasteiger charge is 2.16. The Morgan fingerprint density at radius 3 is 2.61 bits per heavy atom. The lowest BCUT2D eigenvalue weighted by atomic mass is 10.2. The van der Waals surface area contributed by atoms with E-state index in [2.05, 4.69) is 10.3 Å². The van der Waals surface area contributed by atoms with Crippen molar-refractivity contribution in [1.82, 2.24) is 4.98 Å². The topological polar surface area (TPSA) is 51.2 Å². The average molecular weight is 396 g/mol.